The molecule has 0 saturated carbocycles. The van der Waals surface area contributed by atoms with Crippen molar-refractivity contribution in [2.45, 2.75) is 19.4 Å². The molecule has 0 aliphatic carbocycles. The van der Waals surface area contributed by atoms with E-state index in [1.807, 2.05) is 0 Å². The number of piperidine rings is 1. The highest BCUT2D eigenvalue weighted by molar-refractivity contribution is 7.88. The largest absolute Gasteiger partial charge is 0.352 e. The molecule has 122 valence electrons. The van der Waals surface area contributed by atoms with Gasteiger partial charge in [-0.1, -0.05) is 17.7 Å². The average Bonchev–Trinajstić information content (AvgIpc) is 2.47. The first-order valence-electron chi connectivity index (χ1n) is 6.94. The fraction of sp³-hybridized carbons (Fsp3) is 0.500. The molecule has 1 aromatic carbocycles. The molecule has 1 atom stereocenters. The number of nitrogens with one attached hydrogen (secondary N) is 1. The molecule has 0 aromatic heterocycles. The van der Waals surface area contributed by atoms with Gasteiger partial charge in [0.25, 0.3) is 0 Å². The first-order valence-corrected chi connectivity index (χ1v) is 9.17. The van der Waals surface area contributed by atoms with Gasteiger partial charge in [0.05, 0.1) is 17.2 Å². The highest BCUT2D eigenvalue weighted by Crippen LogP contribution is 2.19. The van der Waals surface area contributed by atoms with E-state index in [0.717, 1.165) is 6.26 Å². The van der Waals surface area contributed by atoms with Crippen LogP contribution in [0.4, 0.5) is 4.39 Å². The summed E-state index contributed by atoms with van der Waals surface area (Å²) in [6.07, 6.45) is 2.46. The Bertz CT molecular complexity index is 666. The molecular weight excluding hydrogens is 331 g/mol. The number of hydrogen-bond acceptors (Lipinski definition) is 3. The third-order valence-corrected chi connectivity index (χ3v) is 5.23. The second-order valence-electron chi connectivity index (χ2n) is 5.43. The summed E-state index contributed by atoms with van der Waals surface area (Å²) in [5, 5.41) is 2.75. The normalized spacial score (nSPS) is 19.9. The van der Waals surface area contributed by atoms with Crippen molar-refractivity contribution in [3.8, 4) is 0 Å². The summed E-state index contributed by atoms with van der Waals surface area (Å²) in [7, 11) is -3.28. The Morgan fingerprint density at radius 3 is 2.86 bits per heavy atom. The Hall–Kier alpha value is -1.18. The second kappa shape index (κ2) is 6.93. The second-order valence-corrected chi connectivity index (χ2v) is 7.82. The molecule has 1 aliphatic rings. The first kappa shape index (κ1) is 17.2. The third-order valence-electron chi connectivity index (χ3n) is 3.67. The number of carbonyl (C=O) groups is 1. The van der Waals surface area contributed by atoms with Gasteiger partial charge in [-0.15, -0.1) is 0 Å². The monoisotopic (exact) mass is 348 g/mol. The predicted octanol–water partition coefficient (Wildman–Crippen LogP) is 1.77. The van der Waals surface area contributed by atoms with Crippen molar-refractivity contribution in [2.24, 2.45) is 5.92 Å². The van der Waals surface area contributed by atoms with E-state index in [1.54, 1.807) is 6.07 Å². The molecule has 1 saturated heterocycles. The Morgan fingerprint density at radius 1 is 1.50 bits per heavy atom. The fourth-order valence-corrected chi connectivity index (χ4v) is 3.56. The molecule has 2 rings (SSSR count). The summed E-state index contributed by atoms with van der Waals surface area (Å²) in [6.45, 7) is 0.888. The third kappa shape index (κ3) is 4.41. The molecule has 0 radical (unpaired) electrons. The van der Waals surface area contributed by atoms with Crippen LogP contribution in [0.15, 0.2) is 18.2 Å². The zero-order valence-corrected chi connectivity index (χ0v) is 13.8. The maximum absolute atomic E-state index is 13.1. The lowest BCUT2D eigenvalue weighted by Crippen LogP contribution is -2.44. The van der Waals surface area contributed by atoms with Crippen LogP contribution in [0.25, 0.3) is 0 Å². The van der Waals surface area contributed by atoms with Gasteiger partial charge in [0.1, 0.15) is 5.82 Å². The molecule has 0 spiro atoms. The average molecular weight is 349 g/mol. The summed E-state index contributed by atoms with van der Waals surface area (Å²) >= 11 is 5.69. The summed E-state index contributed by atoms with van der Waals surface area (Å²) in [5.74, 6) is -1.07. The number of nitrogens with zero attached hydrogens (tertiary/aromatic N) is 1. The van der Waals surface area contributed by atoms with Gasteiger partial charge in [0.2, 0.25) is 15.9 Å². The van der Waals surface area contributed by atoms with Crippen LogP contribution in [0.2, 0.25) is 5.02 Å². The number of rotatable bonds is 4. The van der Waals surface area contributed by atoms with Crippen molar-refractivity contribution in [3.05, 3.63) is 34.6 Å². The first-order chi connectivity index (χ1) is 10.3. The minimum atomic E-state index is -3.28. The summed E-state index contributed by atoms with van der Waals surface area (Å²) < 4.78 is 37.5. The van der Waals surface area contributed by atoms with Gasteiger partial charge < -0.3 is 5.32 Å². The summed E-state index contributed by atoms with van der Waals surface area (Å²) in [4.78, 5) is 12.2. The van der Waals surface area contributed by atoms with Crippen LogP contribution in [0, 0.1) is 11.7 Å². The highest BCUT2D eigenvalue weighted by Gasteiger charge is 2.29. The van der Waals surface area contributed by atoms with Crippen LogP contribution in [-0.4, -0.2) is 38.0 Å². The van der Waals surface area contributed by atoms with E-state index in [4.69, 9.17) is 11.6 Å². The quantitative estimate of drug-likeness (QED) is 0.901. The van der Waals surface area contributed by atoms with Gasteiger partial charge in [-0.25, -0.2) is 17.1 Å². The van der Waals surface area contributed by atoms with Gasteiger partial charge in [0.15, 0.2) is 0 Å². The van der Waals surface area contributed by atoms with Crippen molar-refractivity contribution in [3.63, 3.8) is 0 Å². The lowest BCUT2D eigenvalue weighted by molar-refractivity contribution is -0.126. The Morgan fingerprint density at radius 2 is 2.23 bits per heavy atom. The van der Waals surface area contributed by atoms with Crippen LogP contribution in [0.1, 0.15) is 18.4 Å². The number of carbonyl (C=O) groups excluding carboxylic acids is 1. The van der Waals surface area contributed by atoms with Crippen LogP contribution >= 0.6 is 11.6 Å². The molecule has 1 aliphatic heterocycles. The molecule has 1 aromatic rings. The molecule has 1 fully saturated rings. The van der Waals surface area contributed by atoms with E-state index in [2.05, 4.69) is 5.32 Å². The maximum Gasteiger partial charge on any atom is 0.224 e. The standard InChI is InChI=1S/C14H18ClFN2O3S/c1-22(20,21)18-6-2-3-11(9-18)14(19)17-8-10-4-5-13(16)12(15)7-10/h4-5,7,11H,2-3,6,8-9H2,1H3,(H,17,19)/t11-/m1/s1. The van der Waals surface area contributed by atoms with Crippen molar-refractivity contribution >= 4 is 27.5 Å². The molecule has 1 amide bonds. The van der Waals surface area contributed by atoms with Crippen LogP contribution in [0.3, 0.4) is 0 Å². The smallest absolute Gasteiger partial charge is 0.224 e. The van der Waals surface area contributed by atoms with Crippen LogP contribution in [0.5, 0.6) is 0 Å². The number of sulfonamides is 1. The highest BCUT2D eigenvalue weighted by atomic mass is 35.5. The van der Waals surface area contributed by atoms with E-state index < -0.39 is 15.8 Å². The number of hydrogen-bond donors (Lipinski definition) is 1. The lowest BCUT2D eigenvalue weighted by Gasteiger charge is -2.30. The fourth-order valence-electron chi connectivity index (χ4n) is 2.44. The van der Waals surface area contributed by atoms with Crippen molar-refractivity contribution < 1.29 is 17.6 Å². The van der Waals surface area contributed by atoms with Gasteiger partial charge in [-0.3, -0.25) is 4.79 Å². The lowest BCUT2D eigenvalue weighted by atomic mass is 9.99. The number of amides is 1. The van der Waals surface area contributed by atoms with E-state index >= 15 is 0 Å². The van der Waals surface area contributed by atoms with E-state index in [1.165, 1.54) is 16.4 Å². The molecule has 5 nitrogen and oxygen atoms in total. The van der Waals surface area contributed by atoms with Gasteiger partial charge in [-0.05, 0) is 30.5 Å². The minimum Gasteiger partial charge on any atom is -0.352 e. The Labute approximate surface area is 134 Å². The zero-order chi connectivity index (χ0) is 16.3. The SMILES string of the molecule is CS(=O)(=O)N1CCC[C@@H](C(=O)NCc2ccc(F)c(Cl)c2)C1. The zero-order valence-electron chi connectivity index (χ0n) is 12.2. The topological polar surface area (TPSA) is 66.5 Å². The molecule has 8 heteroatoms. The predicted molar refractivity (Wildman–Crippen MR) is 82.4 cm³/mol. The van der Waals surface area contributed by atoms with Gasteiger partial charge >= 0.3 is 0 Å². The maximum atomic E-state index is 13.1. The van der Waals surface area contributed by atoms with E-state index in [-0.39, 0.29) is 29.9 Å². The minimum absolute atomic E-state index is 0.00710. The summed E-state index contributed by atoms with van der Waals surface area (Å²) in [5.41, 5.74) is 0.690. The van der Waals surface area contributed by atoms with Crippen LogP contribution in [-0.2, 0) is 21.4 Å². The number of benzene rings is 1. The summed E-state index contributed by atoms with van der Waals surface area (Å²) in [6, 6.07) is 4.25. The van der Waals surface area contributed by atoms with E-state index in [9.17, 15) is 17.6 Å². The van der Waals surface area contributed by atoms with E-state index in [0.29, 0.717) is 24.9 Å². The van der Waals surface area contributed by atoms with Gasteiger partial charge in [0, 0.05) is 19.6 Å². The molecule has 1 heterocycles. The molecule has 1 N–H and O–H groups in total. The van der Waals surface area contributed by atoms with Crippen molar-refractivity contribution in [1.82, 2.24) is 9.62 Å². The molecule has 0 bridgehead atoms. The molecular formula is C14H18ClFN2O3S. The Kier molecular flexibility index (Phi) is 5.41. The molecule has 22 heavy (non-hydrogen) atoms. The Balaban J connectivity index is 1.93. The van der Waals surface area contributed by atoms with Crippen molar-refractivity contribution in [2.75, 3.05) is 19.3 Å². The molecule has 0 unspecified atom stereocenters. The van der Waals surface area contributed by atoms with Crippen molar-refractivity contribution in [1.29, 1.82) is 0 Å². The van der Waals surface area contributed by atoms with Crippen LogP contribution < -0.4 is 5.32 Å². The number of halogens is 2. The van der Waals surface area contributed by atoms with Gasteiger partial charge in [-0.2, -0.15) is 0 Å².